The lowest BCUT2D eigenvalue weighted by molar-refractivity contribution is -0.111. The largest absolute Gasteiger partial charge is 0.494 e. The second kappa shape index (κ2) is 11.1. The van der Waals surface area contributed by atoms with Gasteiger partial charge in [-0.25, -0.2) is 9.97 Å². The lowest BCUT2D eigenvalue weighted by atomic mass is 10.0. The topological polar surface area (TPSA) is 88.6 Å². The number of amides is 1. The van der Waals surface area contributed by atoms with Crippen LogP contribution in [0.4, 0.5) is 17.3 Å². The van der Waals surface area contributed by atoms with Crippen LogP contribution in [0.2, 0.25) is 5.02 Å². The number of methoxy groups -OCH3 is 1. The zero-order valence-corrected chi connectivity index (χ0v) is 22.0. The predicted octanol–water partition coefficient (Wildman–Crippen LogP) is 5.91. The van der Waals surface area contributed by atoms with Crippen LogP contribution < -0.4 is 20.1 Å². The summed E-state index contributed by atoms with van der Waals surface area (Å²) < 4.78 is 11.9. The van der Waals surface area contributed by atoms with E-state index in [4.69, 9.17) is 26.1 Å². The fourth-order valence-corrected chi connectivity index (χ4v) is 4.69. The number of likely N-dealkylation sites (N-methyl/N-ethyl adjacent to an activating group) is 1. The van der Waals surface area contributed by atoms with Gasteiger partial charge in [0, 0.05) is 41.3 Å². The van der Waals surface area contributed by atoms with Crippen molar-refractivity contribution in [1.29, 1.82) is 0 Å². The number of fused-ring (bicyclic) bond motifs is 1. The van der Waals surface area contributed by atoms with Crippen molar-refractivity contribution >= 4 is 45.7 Å². The number of aromatic nitrogens is 2. The first kappa shape index (κ1) is 25.5. The molecule has 0 bridgehead atoms. The van der Waals surface area contributed by atoms with Crippen LogP contribution in [0, 0.1) is 0 Å². The minimum atomic E-state index is -0.345. The van der Waals surface area contributed by atoms with Crippen molar-refractivity contribution < 1.29 is 14.3 Å². The average Bonchev–Trinajstić information content (AvgIpc) is 3.33. The summed E-state index contributed by atoms with van der Waals surface area (Å²) in [7, 11) is 3.63. The molecular weight excluding hydrogens is 502 g/mol. The number of hydrogen-bond donors (Lipinski definition) is 2. The zero-order chi connectivity index (χ0) is 26.6. The monoisotopic (exact) mass is 529 g/mol. The standard InChI is InChI=1S/C29H28ClN5O3/c1-4-27(36)32-24-14-23(25(37-3)15-26(24)38-21-11-12-35(2)17-21)33-29-31-16-19-8-6-10-22(28(19)34-29)18-7-5-9-20(30)13-18/h4-10,13-16,21H,1,11-12,17H2,2-3H3,(H,32,36)(H,31,33,34). The molecule has 8 nitrogen and oxygen atoms in total. The molecule has 2 heterocycles. The van der Waals surface area contributed by atoms with Crippen molar-refractivity contribution in [2.24, 2.45) is 0 Å². The average molecular weight is 530 g/mol. The number of anilines is 3. The van der Waals surface area contributed by atoms with E-state index in [0.29, 0.717) is 33.8 Å². The van der Waals surface area contributed by atoms with Gasteiger partial charge in [0.2, 0.25) is 11.9 Å². The minimum Gasteiger partial charge on any atom is -0.494 e. The fraction of sp³-hybridized carbons (Fsp3) is 0.207. The van der Waals surface area contributed by atoms with Crippen molar-refractivity contribution in [3.8, 4) is 22.6 Å². The van der Waals surface area contributed by atoms with E-state index in [1.54, 1.807) is 25.4 Å². The summed E-state index contributed by atoms with van der Waals surface area (Å²) in [6.45, 7) is 5.32. The molecular formula is C29H28ClN5O3. The van der Waals surface area contributed by atoms with Gasteiger partial charge in [-0.3, -0.25) is 4.79 Å². The molecule has 1 amide bonds. The van der Waals surface area contributed by atoms with Gasteiger partial charge in [0.25, 0.3) is 0 Å². The third-order valence-electron chi connectivity index (χ3n) is 6.38. The number of carbonyl (C=O) groups is 1. The van der Waals surface area contributed by atoms with Gasteiger partial charge in [0.1, 0.15) is 17.6 Å². The summed E-state index contributed by atoms with van der Waals surface area (Å²) in [5.74, 6) is 1.07. The summed E-state index contributed by atoms with van der Waals surface area (Å²) in [5, 5.41) is 7.64. The first-order valence-electron chi connectivity index (χ1n) is 12.2. The number of halogens is 1. The van der Waals surface area contributed by atoms with E-state index in [-0.39, 0.29) is 12.0 Å². The van der Waals surface area contributed by atoms with E-state index >= 15 is 0 Å². The SMILES string of the molecule is C=CC(=O)Nc1cc(Nc2ncc3cccc(-c4cccc(Cl)c4)c3n2)c(OC)cc1OC1CCN(C)C1. The number of nitrogens with one attached hydrogen (secondary N) is 2. The number of nitrogens with zero attached hydrogens (tertiary/aromatic N) is 3. The van der Waals surface area contributed by atoms with Gasteiger partial charge in [-0.05, 0) is 43.3 Å². The molecule has 4 aromatic rings. The van der Waals surface area contributed by atoms with Crippen LogP contribution in [0.5, 0.6) is 11.5 Å². The van der Waals surface area contributed by atoms with E-state index < -0.39 is 0 Å². The zero-order valence-electron chi connectivity index (χ0n) is 21.2. The quantitative estimate of drug-likeness (QED) is 0.274. The second-order valence-corrected chi connectivity index (χ2v) is 9.54. The van der Waals surface area contributed by atoms with Crippen LogP contribution in [0.1, 0.15) is 6.42 Å². The smallest absolute Gasteiger partial charge is 0.247 e. The molecule has 194 valence electrons. The molecule has 1 aliphatic rings. The van der Waals surface area contributed by atoms with Crippen molar-refractivity contribution in [1.82, 2.24) is 14.9 Å². The van der Waals surface area contributed by atoms with Gasteiger partial charge in [-0.1, -0.05) is 48.5 Å². The Morgan fingerprint density at radius 3 is 2.74 bits per heavy atom. The van der Waals surface area contributed by atoms with E-state index in [0.717, 1.165) is 41.5 Å². The molecule has 0 spiro atoms. The molecule has 0 radical (unpaired) electrons. The van der Waals surface area contributed by atoms with Crippen molar-refractivity contribution in [2.75, 3.05) is 37.9 Å². The summed E-state index contributed by atoms with van der Waals surface area (Å²) in [6.07, 6.45) is 3.89. The molecule has 0 aliphatic carbocycles. The molecule has 1 unspecified atom stereocenters. The maximum absolute atomic E-state index is 12.2. The molecule has 5 rings (SSSR count). The highest BCUT2D eigenvalue weighted by Crippen LogP contribution is 2.39. The number of para-hydroxylation sites is 1. The van der Waals surface area contributed by atoms with Crippen molar-refractivity contribution in [2.45, 2.75) is 12.5 Å². The molecule has 2 N–H and O–H groups in total. The van der Waals surface area contributed by atoms with E-state index in [9.17, 15) is 4.79 Å². The van der Waals surface area contributed by atoms with Crippen LogP contribution in [0.25, 0.3) is 22.0 Å². The Kier molecular flexibility index (Phi) is 7.44. The Balaban J connectivity index is 1.52. The Labute approximate surface area is 226 Å². The lowest BCUT2D eigenvalue weighted by Crippen LogP contribution is -2.22. The number of rotatable bonds is 8. The second-order valence-electron chi connectivity index (χ2n) is 9.11. The molecule has 0 saturated carbocycles. The predicted molar refractivity (Wildman–Crippen MR) is 152 cm³/mol. The molecule has 38 heavy (non-hydrogen) atoms. The highest BCUT2D eigenvalue weighted by molar-refractivity contribution is 6.30. The van der Waals surface area contributed by atoms with Crippen LogP contribution in [0.15, 0.2) is 73.4 Å². The van der Waals surface area contributed by atoms with Crippen molar-refractivity contribution in [3.05, 3.63) is 78.5 Å². The normalized spacial score (nSPS) is 15.3. The third-order valence-corrected chi connectivity index (χ3v) is 6.61. The van der Waals surface area contributed by atoms with Gasteiger partial charge >= 0.3 is 0 Å². The Morgan fingerprint density at radius 1 is 1.16 bits per heavy atom. The fourth-order valence-electron chi connectivity index (χ4n) is 4.50. The number of benzene rings is 3. The van der Waals surface area contributed by atoms with Crippen molar-refractivity contribution in [3.63, 3.8) is 0 Å². The van der Waals surface area contributed by atoms with E-state index in [1.165, 1.54) is 6.08 Å². The highest BCUT2D eigenvalue weighted by Gasteiger charge is 2.23. The molecule has 1 aliphatic heterocycles. The van der Waals surface area contributed by atoms with Crippen LogP contribution in [-0.2, 0) is 4.79 Å². The van der Waals surface area contributed by atoms with Gasteiger partial charge in [0.15, 0.2) is 0 Å². The van der Waals surface area contributed by atoms with Gasteiger partial charge in [-0.2, -0.15) is 0 Å². The number of ether oxygens (including phenoxy) is 2. The number of carbonyl (C=O) groups excluding carboxylic acids is 1. The van der Waals surface area contributed by atoms with E-state index in [2.05, 4.69) is 34.1 Å². The maximum Gasteiger partial charge on any atom is 0.247 e. The van der Waals surface area contributed by atoms with E-state index in [1.807, 2.05) is 42.5 Å². The van der Waals surface area contributed by atoms with Gasteiger partial charge in [-0.15, -0.1) is 0 Å². The number of hydrogen-bond acceptors (Lipinski definition) is 7. The Bertz CT molecular complexity index is 1510. The van der Waals surface area contributed by atoms with Gasteiger partial charge < -0.3 is 25.0 Å². The Morgan fingerprint density at radius 2 is 2.00 bits per heavy atom. The van der Waals surface area contributed by atoms with Crippen LogP contribution >= 0.6 is 11.6 Å². The maximum atomic E-state index is 12.2. The summed E-state index contributed by atoms with van der Waals surface area (Å²) >= 11 is 6.24. The van der Waals surface area contributed by atoms with Gasteiger partial charge in [0.05, 0.1) is 24.0 Å². The highest BCUT2D eigenvalue weighted by atomic mass is 35.5. The molecule has 3 aromatic carbocycles. The van der Waals surface area contributed by atoms with Crippen LogP contribution in [-0.4, -0.2) is 54.1 Å². The minimum absolute atomic E-state index is 0.0108. The summed E-state index contributed by atoms with van der Waals surface area (Å²) in [5.41, 5.74) is 3.73. The Hall–Kier alpha value is -4.14. The first-order valence-corrected chi connectivity index (χ1v) is 12.6. The first-order chi connectivity index (χ1) is 18.4. The number of likely N-dealkylation sites (tertiary alicyclic amines) is 1. The van der Waals surface area contributed by atoms with Crippen LogP contribution in [0.3, 0.4) is 0 Å². The summed E-state index contributed by atoms with van der Waals surface area (Å²) in [4.78, 5) is 23.7. The lowest BCUT2D eigenvalue weighted by Gasteiger charge is -2.20. The summed E-state index contributed by atoms with van der Waals surface area (Å²) in [6, 6.07) is 17.1. The molecule has 9 heteroatoms. The third kappa shape index (κ3) is 5.56. The molecule has 1 aromatic heterocycles. The molecule has 1 atom stereocenters. The molecule has 1 fully saturated rings. The molecule has 1 saturated heterocycles.